The second-order valence-electron chi connectivity index (χ2n) is 6.27. The molecule has 0 bridgehead atoms. The molecule has 0 saturated heterocycles. The van der Waals surface area contributed by atoms with E-state index in [1.54, 1.807) is 35.5 Å². The minimum Gasteiger partial charge on any atom is -0.493 e. The third-order valence-corrected chi connectivity index (χ3v) is 5.28. The predicted molar refractivity (Wildman–Crippen MR) is 126 cm³/mol. The number of halogens is 1. The first-order chi connectivity index (χ1) is 14.4. The van der Waals surface area contributed by atoms with Gasteiger partial charge in [-0.2, -0.15) is 0 Å². The summed E-state index contributed by atoms with van der Waals surface area (Å²) >= 11 is 9.02. The molecule has 0 fully saturated rings. The molecular weight excluding hydrogens is 470 g/mol. The summed E-state index contributed by atoms with van der Waals surface area (Å²) in [6.07, 6.45) is 1.90. The van der Waals surface area contributed by atoms with E-state index in [1.165, 1.54) is 0 Å². The summed E-state index contributed by atoms with van der Waals surface area (Å²) in [6, 6.07) is 7.66. The summed E-state index contributed by atoms with van der Waals surface area (Å²) in [5.41, 5.74) is 2.90. The highest BCUT2D eigenvalue weighted by molar-refractivity contribution is 9.10. The van der Waals surface area contributed by atoms with Gasteiger partial charge in [0.2, 0.25) is 5.75 Å². The molecule has 6 nitrogen and oxygen atoms in total. The number of rotatable bonds is 9. The van der Waals surface area contributed by atoms with Gasteiger partial charge in [-0.15, -0.1) is 0 Å². The van der Waals surface area contributed by atoms with Crippen molar-refractivity contribution in [2.45, 2.75) is 13.5 Å². The van der Waals surface area contributed by atoms with Crippen molar-refractivity contribution in [3.05, 3.63) is 45.9 Å². The molecule has 1 N–H and O–H groups in total. The van der Waals surface area contributed by atoms with Crippen LogP contribution in [-0.2, 0) is 6.54 Å². The van der Waals surface area contributed by atoms with Crippen LogP contribution in [0.25, 0.3) is 5.57 Å². The third kappa shape index (κ3) is 5.58. The fourth-order valence-electron chi connectivity index (χ4n) is 2.90. The van der Waals surface area contributed by atoms with Gasteiger partial charge in [-0.25, -0.2) is 0 Å². The highest BCUT2D eigenvalue weighted by atomic mass is 79.9. The lowest BCUT2D eigenvalue weighted by atomic mass is 10.1. The summed E-state index contributed by atoms with van der Waals surface area (Å²) in [7, 11) is 7.97. The van der Waals surface area contributed by atoms with Crippen LogP contribution in [-0.4, -0.2) is 40.5 Å². The number of ether oxygens (including phenoxy) is 5. The number of hydrogen-bond acceptors (Lipinski definition) is 6. The van der Waals surface area contributed by atoms with Gasteiger partial charge in [0.15, 0.2) is 23.0 Å². The van der Waals surface area contributed by atoms with Gasteiger partial charge in [-0.05, 0) is 69.9 Å². The van der Waals surface area contributed by atoms with Crippen LogP contribution in [0.5, 0.6) is 28.7 Å². The van der Waals surface area contributed by atoms with Gasteiger partial charge in [0.25, 0.3) is 0 Å². The number of hydrogen-bond donors (Lipinski definition) is 1. The van der Waals surface area contributed by atoms with Gasteiger partial charge < -0.3 is 29.0 Å². The molecular formula is C22H26BrNO5S. The van der Waals surface area contributed by atoms with E-state index < -0.39 is 0 Å². The first kappa shape index (κ1) is 23.8. The molecule has 2 aromatic carbocycles. The van der Waals surface area contributed by atoms with Crippen molar-refractivity contribution in [2.24, 2.45) is 0 Å². The Hall–Kier alpha value is -2.45. The van der Waals surface area contributed by atoms with Gasteiger partial charge in [0.1, 0.15) is 0 Å². The average molecular weight is 496 g/mol. The number of thiocarbonyl (C=S) groups is 1. The van der Waals surface area contributed by atoms with Crippen LogP contribution in [0.1, 0.15) is 18.1 Å². The third-order valence-electron chi connectivity index (χ3n) is 4.43. The van der Waals surface area contributed by atoms with Gasteiger partial charge in [-0.1, -0.05) is 12.2 Å². The Morgan fingerprint density at radius 2 is 1.40 bits per heavy atom. The highest BCUT2D eigenvalue weighted by Gasteiger charge is 2.14. The maximum absolute atomic E-state index is 5.50. The fourth-order valence-corrected chi connectivity index (χ4v) is 3.76. The smallest absolute Gasteiger partial charge is 0.203 e. The Morgan fingerprint density at radius 1 is 0.867 bits per heavy atom. The molecule has 0 spiro atoms. The van der Waals surface area contributed by atoms with Crippen LogP contribution in [0.15, 0.2) is 34.8 Å². The first-order valence-electron chi connectivity index (χ1n) is 9.05. The lowest BCUT2D eigenvalue weighted by molar-refractivity contribution is 0.323. The number of methoxy groups -OCH3 is 5. The number of nitrogens with one attached hydrogen (secondary N) is 1. The second kappa shape index (κ2) is 11.1. The van der Waals surface area contributed by atoms with E-state index in [4.69, 9.17) is 35.9 Å². The minimum absolute atomic E-state index is 0.509. The monoisotopic (exact) mass is 495 g/mol. The Labute approximate surface area is 191 Å². The van der Waals surface area contributed by atoms with Gasteiger partial charge in [0.05, 0.1) is 45.0 Å². The van der Waals surface area contributed by atoms with Gasteiger partial charge >= 0.3 is 0 Å². The molecule has 0 aliphatic rings. The van der Waals surface area contributed by atoms with E-state index >= 15 is 0 Å². The van der Waals surface area contributed by atoms with Crippen molar-refractivity contribution in [2.75, 3.05) is 35.5 Å². The maximum Gasteiger partial charge on any atom is 0.203 e. The molecule has 2 rings (SSSR count). The molecule has 2 aromatic rings. The molecule has 0 atom stereocenters. The molecule has 0 amide bonds. The van der Waals surface area contributed by atoms with Crippen molar-refractivity contribution >= 4 is 38.7 Å². The van der Waals surface area contributed by atoms with Crippen molar-refractivity contribution < 1.29 is 23.7 Å². The summed E-state index contributed by atoms with van der Waals surface area (Å²) in [5, 5.41) is 3.24. The maximum atomic E-state index is 5.50. The summed E-state index contributed by atoms with van der Waals surface area (Å²) in [4.78, 5) is 0.604. The van der Waals surface area contributed by atoms with Crippen LogP contribution in [0.4, 0.5) is 0 Å². The molecule has 0 aromatic heterocycles. The quantitative estimate of drug-likeness (QED) is 0.387. The minimum atomic E-state index is 0.509. The zero-order valence-corrected chi connectivity index (χ0v) is 20.3. The van der Waals surface area contributed by atoms with Crippen molar-refractivity contribution in [3.8, 4) is 28.7 Å². The number of allylic oxidation sites excluding steroid dienone is 1. The Bertz CT molecular complexity index is 920. The Kier molecular flexibility index (Phi) is 8.80. The van der Waals surface area contributed by atoms with E-state index in [0.29, 0.717) is 40.3 Å². The van der Waals surface area contributed by atoms with Crippen molar-refractivity contribution in [3.63, 3.8) is 0 Å². The molecule has 0 saturated carbocycles. The van der Waals surface area contributed by atoms with Gasteiger partial charge in [-0.3, -0.25) is 0 Å². The lowest BCUT2D eigenvalue weighted by Crippen LogP contribution is -2.19. The molecule has 8 heteroatoms. The molecule has 0 aliphatic carbocycles. The second-order valence-corrected chi connectivity index (χ2v) is 7.57. The van der Waals surface area contributed by atoms with E-state index in [0.717, 1.165) is 21.2 Å². The van der Waals surface area contributed by atoms with Crippen LogP contribution in [0.2, 0.25) is 0 Å². The van der Waals surface area contributed by atoms with Crippen LogP contribution >= 0.6 is 28.1 Å². The van der Waals surface area contributed by atoms with E-state index in [1.807, 2.05) is 37.3 Å². The largest absolute Gasteiger partial charge is 0.493 e. The standard InChI is InChI=1S/C22H26BrNO5S/c1-13(15-10-16(23)21(28-5)19(11-15)27-4)7-20(30)24-12-14-8-17(25-2)22(29-6)18(9-14)26-3/h7-11H,12H2,1-6H3,(H,24,30)/b13-7+. The fraction of sp³-hybridized carbons (Fsp3) is 0.318. The Balaban J connectivity index is 2.17. The Morgan fingerprint density at radius 3 is 1.90 bits per heavy atom. The van der Waals surface area contributed by atoms with Crippen LogP contribution in [0.3, 0.4) is 0 Å². The average Bonchev–Trinajstić information content (AvgIpc) is 2.75. The summed E-state index contributed by atoms with van der Waals surface area (Å²) in [5.74, 6) is 3.05. The molecule has 30 heavy (non-hydrogen) atoms. The van der Waals surface area contributed by atoms with Gasteiger partial charge in [0, 0.05) is 6.54 Å². The van der Waals surface area contributed by atoms with E-state index in [9.17, 15) is 0 Å². The molecule has 162 valence electrons. The van der Waals surface area contributed by atoms with Crippen molar-refractivity contribution in [1.29, 1.82) is 0 Å². The van der Waals surface area contributed by atoms with E-state index in [-0.39, 0.29) is 0 Å². The molecule has 0 aliphatic heterocycles. The zero-order valence-electron chi connectivity index (χ0n) is 17.9. The topological polar surface area (TPSA) is 58.2 Å². The molecule has 0 radical (unpaired) electrons. The summed E-state index contributed by atoms with van der Waals surface area (Å²) in [6.45, 7) is 2.50. The first-order valence-corrected chi connectivity index (χ1v) is 10.3. The summed E-state index contributed by atoms with van der Waals surface area (Å²) < 4.78 is 27.7. The predicted octanol–water partition coefficient (Wildman–Crippen LogP) is 5.01. The molecule has 0 heterocycles. The molecule has 0 unspecified atom stereocenters. The zero-order chi connectivity index (χ0) is 22.3. The normalized spacial score (nSPS) is 11.0. The lowest BCUT2D eigenvalue weighted by Gasteiger charge is -2.15. The van der Waals surface area contributed by atoms with Crippen LogP contribution in [0, 0.1) is 0 Å². The number of benzene rings is 2. The van der Waals surface area contributed by atoms with Crippen LogP contribution < -0.4 is 29.0 Å². The van der Waals surface area contributed by atoms with Crippen molar-refractivity contribution in [1.82, 2.24) is 5.32 Å². The van der Waals surface area contributed by atoms with E-state index in [2.05, 4.69) is 21.2 Å². The SMILES string of the molecule is COc1cc(/C(C)=C/C(=S)NCc2cc(OC)c(OC)c(OC)c2)cc(Br)c1OC. The highest BCUT2D eigenvalue weighted by Crippen LogP contribution is 2.39.